The number of hydrogen-bond acceptors (Lipinski definition) is 2. The van der Waals surface area contributed by atoms with E-state index in [9.17, 15) is 0 Å². The predicted octanol–water partition coefficient (Wildman–Crippen LogP) is 2.92. The van der Waals surface area contributed by atoms with Gasteiger partial charge in [-0.25, -0.2) is 0 Å². The lowest BCUT2D eigenvalue weighted by molar-refractivity contribution is 0.306. The first-order chi connectivity index (χ1) is 8.74. The lowest BCUT2D eigenvalue weighted by Gasteiger charge is -2.08. The summed E-state index contributed by atoms with van der Waals surface area (Å²) >= 11 is 4.76. The highest BCUT2D eigenvalue weighted by Gasteiger charge is 1.97. The molecule has 92 valence electrons. The molecule has 3 N–H and O–H groups in total. The second-order valence-corrected chi connectivity index (χ2v) is 4.23. The Morgan fingerprint density at radius 2 is 1.72 bits per heavy atom. The number of thiocarbonyl (C=S) groups is 1. The van der Waals surface area contributed by atoms with Gasteiger partial charge in [-0.2, -0.15) is 0 Å². The molecule has 0 aliphatic heterocycles. The molecular weight excluding hydrogens is 244 g/mol. The van der Waals surface area contributed by atoms with E-state index < -0.39 is 0 Å². The number of rotatable bonds is 4. The van der Waals surface area contributed by atoms with E-state index in [0.717, 1.165) is 17.0 Å². The molecule has 0 saturated heterocycles. The minimum Gasteiger partial charge on any atom is -0.489 e. The van der Waals surface area contributed by atoms with Gasteiger partial charge < -0.3 is 15.8 Å². The molecule has 2 aromatic rings. The molecule has 0 aromatic heterocycles. The van der Waals surface area contributed by atoms with Crippen molar-refractivity contribution in [3.63, 3.8) is 0 Å². The molecule has 0 bridgehead atoms. The van der Waals surface area contributed by atoms with Crippen LogP contribution in [-0.2, 0) is 6.61 Å². The summed E-state index contributed by atoms with van der Waals surface area (Å²) in [5.74, 6) is 0.812. The molecule has 2 rings (SSSR count). The monoisotopic (exact) mass is 258 g/mol. The Bertz CT molecular complexity index is 511. The normalized spacial score (nSPS) is 9.78. The number of ether oxygens (including phenoxy) is 1. The lowest BCUT2D eigenvalue weighted by Crippen LogP contribution is -2.18. The van der Waals surface area contributed by atoms with E-state index in [1.54, 1.807) is 0 Å². The zero-order valence-electron chi connectivity index (χ0n) is 9.80. The topological polar surface area (TPSA) is 47.3 Å². The van der Waals surface area contributed by atoms with E-state index in [-0.39, 0.29) is 5.11 Å². The maximum Gasteiger partial charge on any atom is 0.168 e. The summed E-state index contributed by atoms with van der Waals surface area (Å²) in [6.45, 7) is 0.558. The molecule has 3 nitrogen and oxygen atoms in total. The van der Waals surface area contributed by atoms with E-state index in [1.807, 2.05) is 54.6 Å². The quantitative estimate of drug-likeness (QED) is 0.828. The van der Waals surface area contributed by atoms with Crippen LogP contribution in [-0.4, -0.2) is 5.11 Å². The van der Waals surface area contributed by atoms with E-state index in [1.165, 1.54) is 0 Å². The van der Waals surface area contributed by atoms with Crippen LogP contribution in [0.4, 0.5) is 5.69 Å². The molecule has 0 spiro atoms. The van der Waals surface area contributed by atoms with Crippen molar-refractivity contribution in [1.82, 2.24) is 0 Å². The predicted molar refractivity (Wildman–Crippen MR) is 77.6 cm³/mol. The molecule has 4 heteroatoms. The number of hydrogen-bond donors (Lipinski definition) is 2. The second kappa shape index (κ2) is 6.02. The van der Waals surface area contributed by atoms with Crippen molar-refractivity contribution in [1.29, 1.82) is 0 Å². The highest BCUT2D eigenvalue weighted by molar-refractivity contribution is 7.80. The fourth-order valence-corrected chi connectivity index (χ4v) is 1.64. The van der Waals surface area contributed by atoms with Crippen molar-refractivity contribution in [3.8, 4) is 5.75 Å². The Labute approximate surface area is 112 Å². The molecule has 0 heterocycles. The van der Waals surface area contributed by atoms with Gasteiger partial charge in [0, 0.05) is 5.69 Å². The van der Waals surface area contributed by atoms with Crippen molar-refractivity contribution in [2.45, 2.75) is 6.61 Å². The summed E-state index contributed by atoms with van der Waals surface area (Å²) < 4.78 is 5.66. The van der Waals surface area contributed by atoms with Gasteiger partial charge in [-0.3, -0.25) is 0 Å². The molecule has 0 amide bonds. The third kappa shape index (κ3) is 3.75. The van der Waals surface area contributed by atoms with E-state index in [0.29, 0.717) is 6.61 Å². The number of nitrogens with two attached hydrogens (primary N) is 1. The van der Waals surface area contributed by atoms with Gasteiger partial charge >= 0.3 is 0 Å². The van der Waals surface area contributed by atoms with Crippen LogP contribution < -0.4 is 15.8 Å². The minimum atomic E-state index is 0.257. The first-order valence-corrected chi connectivity index (χ1v) is 5.98. The van der Waals surface area contributed by atoms with Gasteiger partial charge in [-0.15, -0.1) is 0 Å². The zero-order valence-corrected chi connectivity index (χ0v) is 10.6. The van der Waals surface area contributed by atoms with Crippen molar-refractivity contribution in [2.24, 2.45) is 5.73 Å². The lowest BCUT2D eigenvalue weighted by atomic mass is 10.2. The van der Waals surface area contributed by atoms with Gasteiger partial charge in [-0.1, -0.05) is 30.3 Å². The summed E-state index contributed by atoms with van der Waals surface area (Å²) in [4.78, 5) is 0. The van der Waals surface area contributed by atoms with Crippen molar-refractivity contribution >= 4 is 23.0 Å². The Kier molecular flexibility index (Phi) is 4.15. The minimum absolute atomic E-state index is 0.257. The molecule has 0 radical (unpaired) electrons. The molecule has 0 atom stereocenters. The fraction of sp³-hybridized carbons (Fsp3) is 0.0714. The number of benzene rings is 2. The molecule has 2 aromatic carbocycles. The first-order valence-electron chi connectivity index (χ1n) is 5.57. The van der Waals surface area contributed by atoms with Gasteiger partial charge in [0.2, 0.25) is 0 Å². The SMILES string of the molecule is NC(=S)Nc1ccc(OCc2ccccc2)cc1. The van der Waals surface area contributed by atoms with Crippen LogP contribution in [0.2, 0.25) is 0 Å². The largest absolute Gasteiger partial charge is 0.489 e. The maximum absolute atomic E-state index is 5.66. The zero-order chi connectivity index (χ0) is 12.8. The number of nitrogens with one attached hydrogen (secondary N) is 1. The smallest absolute Gasteiger partial charge is 0.168 e. The van der Waals surface area contributed by atoms with Crippen LogP contribution in [0.3, 0.4) is 0 Å². The van der Waals surface area contributed by atoms with Crippen LogP contribution >= 0.6 is 12.2 Å². The Balaban J connectivity index is 1.92. The van der Waals surface area contributed by atoms with Gasteiger partial charge in [0.15, 0.2) is 5.11 Å². The standard InChI is InChI=1S/C14H14N2OS/c15-14(18)16-12-6-8-13(9-7-12)17-10-11-4-2-1-3-5-11/h1-9H,10H2,(H3,15,16,18). The Morgan fingerprint density at radius 1 is 1.06 bits per heavy atom. The van der Waals surface area contributed by atoms with E-state index >= 15 is 0 Å². The molecule has 0 aliphatic rings. The molecule has 0 aliphatic carbocycles. The number of anilines is 1. The van der Waals surface area contributed by atoms with Crippen LogP contribution in [0.1, 0.15) is 5.56 Å². The highest BCUT2D eigenvalue weighted by Crippen LogP contribution is 2.16. The van der Waals surface area contributed by atoms with Crippen LogP contribution in [0.15, 0.2) is 54.6 Å². The van der Waals surface area contributed by atoms with Gasteiger partial charge in [0.1, 0.15) is 12.4 Å². The van der Waals surface area contributed by atoms with Gasteiger partial charge in [0.05, 0.1) is 0 Å². The van der Waals surface area contributed by atoms with Crippen LogP contribution in [0.5, 0.6) is 5.75 Å². The summed E-state index contributed by atoms with van der Waals surface area (Å²) in [5, 5.41) is 3.12. The van der Waals surface area contributed by atoms with Crippen LogP contribution in [0, 0.1) is 0 Å². The van der Waals surface area contributed by atoms with E-state index in [4.69, 9.17) is 22.7 Å². The third-order valence-corrected chi connectivity index (χ3v) is 2.47. The summed E-state index contributed by atoms with van der Waals surface area (Å²) in [5.41, 5.74) is 7.38. The average molecular weight is 258 g/mol. The molecule has 0 fully saturated rings. The average Bonchev–Trinajstić information content (AvgIpc) is 2.38. The van der Waals surface area contributed by atoms with Gasteiger partial charge in [0.25, 0.3) is 0 Å². The summed E-state index contributed by atoms with van der Waals surface area (Å²) in [6.07, 6.45) is 0. The van der Waals surface area contributed by atoms with Crippen molar-refractivity contribution in [3.05, 3.63) is 60.2 Å². The third-order valence-electron chi connectivity index (χ3n) is 2.37. The van der Waals surface area contributed by atoms with Crippen LogP contribution in [0.25, 0.3) is 0 Å². The maximum atomic E-state index is 5.66. The summed E-state index contributed by atoms with van der Waals surface area (Å²) in [6, 6.07) is 17.5. The Morgan fingerprint density at radius 3 is 2.33 bits per heavy atom. The Hall–Kier alpha value is -2.07. The van der Waals surface area contributed by atoms with E-state index in [2.05, 4.69) is 5.32 Å². The highest BCUT2D eigenvalue weighted by atomic mass is 32.1. The fourth-order valence-electron chi connectivity index (χ4n) is 1.52. The molecular formula is C14H14N2OS. The summed E-state index contributed by atoms with van der Waals surface area (Å²) in [7, 11) is 0. The molecule has 0 saturated carbocycles. The molecule has 18 heavy (non-hydrogen) atoms. The van der Waals surface area contributed by atoms with Gasteiger partial charge in [-0.05, 0) is 42.0 Å². The van der Waals surface area contributed by atoms with Crippen molar-refractivity contribution in [2.75, 3.05) is 5.32 Å². The first kappa shape index (κ1) is 12.4. The second-order valence-electron chi connectivity index (χ2n) is 3.79. The van der Waals surface area contributed by atoms with Crippen molar-refractivity contribution < 1.29 is 4.74 Å². The molecule has 0 unspecified atom stereocenters.